The van der Waals surface area contributed by atoms with Crippen LogP contribution in [0.5, 0.6) is 0 Å². The predicted molar refractivity (Wildman–Crippen MR) is 58.6 cm³/mol. The predicted octanol–water partition coefficient (Wildman–Crippen LogP) is 1.87. The van der Waals surface area contributed by atoms with E-state index in [1.54, 1.807) is 13.1 Å². The van der Waals surface area contributed by atoms with Crippen LogP contribution in [0.4, 0.5) is 5.69 Å². The van der Waals surface area contributed by atoms with Gasteiger partial charge >= 0.3 is 0 Å². The molecule has 3 nitrogen and oxygen atoms in total. The minimum atomic E-state index is -0.0580. The highest BCUT2D eigenvalue weighted by molar-refractivity contribution is 5.94. The molecule has 0 fully saturated rings. The summed E-state index contributed by atoms with van der Waals surface area (Å²) in [5.41, 5.74) is 1.65. The molecule has 0 radical (unpaired) electrons. The maximum Gasteiger partial charge on any atom is 0.251 e. The number of benzene rings is 1. The molecule has 2 N–H and O–H groups in total. The van der Waals surface area contributed by atoms with Gasteiger partial charge in [-0.05, 0) is 32.0 Å². The topological polar surface area (TPSA) is 41.1 Å². The Morgan fingerprint density at radius 2 is 2.07 bits per heavy atom. The molecular weight excluding hydrogens is 176 g/mol. The molecule has 1 amide bonds. The molecule has 76 valence electrons. The van der Waals surface area contributed by atoms with Crippen molar-refractivity contribution < 1.29 is 4.79 Å². The number of hydrogen-bond acceptors (Lipinski definition) is 2. The number of anilines is 1. The van der Waals surface area contributed by atoms with Crippen LogP contribution in [0.25, 0.3) is 0 Å². The second kappa shape index (κ2) is 4.65. The lowest BCUT2D eigenvalue weighted by Gasteiger charge is -2.10. The van der Waals surface area contributed by atoms with Crippen molar-refractivity contribution in [2.24, 2.45) is 0 Å². The van der Waals surface area contributed by atoms with Crippen LogP contribution in [-0.2, 0) is 0 Å². The largest absolute Gasteiger partial charge is 0.383 e. The summed E-state index contributed by atoms with van der Waals surface area (Å²) in [7, 11) is 1.63. The molecule has 0 heterocycles. The SMILES string of the molecule is CNC(=O)c1cccc(NC(C)C)c1. The molecule has 0 atom stereocenters. The van der Waals surface area contributed by atoms with Gasteiger partial charge in [0.25, 0.3) is 5.91 Å². The van der Waals surface area contributed by atoms with Crippen molar-refractivity contribution in [1.82, 2.24) is 5.32 Å². The summed E-state index contributed by atoms with van der Waals surface area (Å²) < 4.78 is 0. The average Bonchev–Trinajstić information content (AvgIpc) is 2.16. The fraction of sp³-hybridized carbons (Fsp3) is 0.364. The van der Waals surface area contributed by atoms with Crippen molar-refractivity contribution in [1.29, 1.82) is 0 Å². The summed E-state index contributed by atoms with van der Waals surface area (Å²) in [6, 6.07) is 7.83. The van der Waals surface area contributed by atoms with E-state index in [0.717, 1.165) is 5.69 Å². The van der Waals surface area contributed by atoms with Crippen molar-refractivity contribution in [2.45, 2.75) is 19.9 Å². The number of carbonyl (C=O) groups excluding carboxylic acids is 1. The van der Waals surface area contributed by atoms with Crippen LogP contribution in [0.2, 0.25) is 0 Å². The molecule has 1 aromatic carbocycles. The molecule has 0 aliphatic carbocycles. The van der Waals surface area contributed by atoms with Gasteiger partial charge in [0.2, 0.25) is 0 Å². The summed E-state index contributed by atoms with van der Waals surface area (Å²) in [4.78, 5) is 11.3. The van der Waals surface area contributed by atoms with E-state index in [2.05, 4.69) is 24.5 Å². The Kier molecular flexibility index (Phi) is 3.51. The lowest BCUT2D eigenvalue weighted by atomic mass is 10.2. The first-order chi connectivity index (χ1) is 6.63. The third-order valence-corrected chi connectivity index (χ3v) is 1.81. The quantitative estimate of drug-likeness (QED) is 0.767. The maximum absolute atomic E-state index is 11.3. The minimum absolute atomic E-state index is 0.0580. The monoisotopic (exact) mass is 192 g/mol. The van der Waals surface area contributed by atoms with Crippen LogP contribution < -0.4 is 10.6 Å². The Morgan fingerprint density at radius 3 is 2.64 bits per heavy atom. The molecule has 0 aliphatic heterocycles. The summed E-state index contributed by atoms with van der Waals surface area (Å²) in [5, 5.41) is 5.84. The van der Waals surface area contributed by atoms with Crippen LogP contribution in [0.1, 0.15) is 24.2 Å². The summed E-state index contributed by atoms with van der Waals surface area (Å²) in [5.74, 6) is -0.0580. The van der Waals surface area contributed by atoms with E-state index >= 15 is 0 Å². The Labute approximate surface area is 84.5 Å². The van der Waals surface area contributed by atoms with Crippen molar-refractivity contribution in [3.05, 3.63) is 29.8 Å². The maximum atomic E-state index is 11.3. The van der Waals surface area contributed by atoms with Crippen molar-refractivity contribution in [3.63, 3.8) is 0 Å². The highest BCUT2D eigenvalue weighted by atomic mass is 16.1. The van der Waals surface area contributed by atoms with Gasteiger partial charge in [0.15, 0.2) is 0 Å². The van der Waals surface area contributed by atoms with Gasteiger partial charge in [-0.1, -0.05) is 6.07 Å². The number of carbonyl (C=O) groups is 1. The standard InChI is InChI=1S/C11H16N2O/c1-8(2)13-10-6-4-5-9(7-10)11(14)12-3/h4-8,13H,1-3H3,(H,12,14). The van der Waals surface area contributed by atoms with Crippen molar-refractivity contribution in [3.8, 4) is 0 Å². The van der Waals surface area contributed by atoms with Crippen LogP contribution in [0.15, 0.2) is 24.3 Å². The van der Waals surface area contributed by atoms with E-state index in [0.29, 0.717) is 11.6 Å². The van der Waals surface area contributed by atoms with E-state index in [1.165, 1.54) is 0 Å². The van der Waals surface area contributed by atoms with E-state index in [4.69, 9.17) is 0 Å². The fourth-order valence-electron chi connectivity index (χ4n) is 1.23. The smallest absolute Gasteiger partial charge is 0.251 e. The second-order valence-corrected chi connectivity index (χ2v) is 3.46. The molecule has 0 saturated heterocycles. The Hall–Kier alpha value is -1.51. The van der Waals surface area contributed by atoms with Gasteiger partial charge in [-0.25, -0.2) is 0 Å². The molecule has 0 aliphatic rings. The lowest BCUT2D eigenvalue weighted by Crippen LogP contribution is -2.18. The normalized spacial score (nSPS) is 10.0. The van der Waals surface area contributed by atoms with Gasteiger partial charge in [-0.15, -0.1) is 0 Å². The summed E-state index contributed by atoms with van der Waals surface area (Å²) in [6.45, 7) is 4.12. The van der Waals surface area contributed by atoms with Gasteiger partial charge in [0.05, 0.1) is 0 Å². The number of amides is 1. The molecule has 0 aromatic heterocycles. The van der Waals surface area contributed by atoms with E-state index in [9.17, 15) is 4.79 Å². The highest BCUT2D eigenvalue weighted by Crippen LogP contribution is 2.11. The van der Waals surface area contributed by atoms with Gasteiger partial charge in [0, 0.05) is 24.3 Å². The lowest BCUT2D eigenvalue weighted by molar-refractivity contribution is 0.0963. The highest BCUT2D eigenvalue weighted by Gasteiger charge is 2.03. The Morgan fingerprint density at radius 1 is 1.36 bits per heavy atom. The Bertz CT molecular complexity index is 321. The van der Waals surface area contributed by atoms with Crippen LogP contribution in [-0.4, -0.2) is 19.0 Å². The summed E-state index contributed by atoms with van der Waals surface area (Å²) >= 11 is 0. The number of rotatable bonds is 3. The number of nitrogens with one attached hydrogen (secondary N) is 2. The number of hydrogen-bond donors (Lipinski definition) is 2. The first-order valence-electron chi connectivity index (χ1n) is 4.72. The molecule has 0 unspecified atom stereocenters. The zero-order chi connectivity index (χ0) is 10.6. The molecule has 1 aromatic rings. The van der Waals surface area contributed by atoms with Crippen LogP contribution in [0, 0.1) is 0 Å². The van der Waals surface area contributed by atoms with Gasteiger partial charge in [-0.2, -0.15) is 0 Å². The van der Waals surface area contributed by atoms with Crippen molar-refractivity contribution >= 4 is 11.6 Å². The molecule has 0 spiro atoms. The summed E-state index contributed by atoms with van der Waals surface area (Å²) in [6.07, 6.45) is 0. The van der Waals surface area contributed by atoms with Gasteiger partial charge in [0.1, 0.15) is 0 Å². The molecule has 0 saturated carbocycles. The van der Waals surface area contributed by atoms with Gasteiger partial charge < -0.3 is 10.6 Å². The van der Waals surface area contributed by atoms with E-state index in [1.807, 2.05) is 18.2 Å². The molecule has 14 heavy (non-hydrogen) atoms. The molecule has 0 bridgehead atoms. The second-order valence-electron chi connectivity index (χ2n) is 3.46. The zero-order valence-corrected chi connectivity index (χ0v) is 8.79. The van der Waals surface area contributed by atoms with Crippen LogP contribution >= 0.6 is 0 Å². The third kappa shape index (κ3) is 2.76. The van der Waals surface area contributed by atoms with Crippen molar-refractivity contribution in [2.75, 3.05) is 12.4 Å². The van der Waals surface area contributed by atoms with Gasteiger partial charge in [-0.3, -0.25) is 4.79 Å². The minimum Gasteiger partial charge on any atom is -0.383 e. The van der Waals surface area contributed by atoms with E-state index in [-0.39, 0.29) is 5.91 Å². The fourth-order valence-corrected chi connectivity index (χ4v) is 1.23. The molecule has 3 heteroatoms. The first-order valence-corrected chi connectivity index (χ1v) is 4.72. The first kappa shape index (κ1) is 10.6. The third-order valence-electron chi connectivity index (χ3n) is 1.81. The average molecular weight is 192 g/mol. The van der Waals surface area contributed by atoms with E-state index < -0.39 is 0 Å². The zero-order valence-electron chi connectivity index (χ0n) is 8.79. The Balaban J connectivity index is 2.84. The molecule has 1 rings (SSSR count). The van der Waals surface area contributed by atoms with Crippen LogP contribution in [0.3, 0.4) is 0 Å². The molecular formula is C11H16N2O.